The Kier molecular flexibility index (Phi) is 7.35. The monoisotopic (exact) mass is 447 g/mol. The van der Waals surface area contributed by atoms with Gasteiger partial charge in [0.15, 0.2) is 16.9 Å². The van der Waals surface area contributed by atoms with E-state index in [1.165, 1.54) is 64.4 Å². The summed E-state index contributed by atoms with van der Waals surface area (Å²) < 4.78 is 5.38. The van der Waals surface area contributed by atoms with Crippen LogP contribution in [0, 0.1) is 11.3 Å². The predicted molar refractivity (Wildman–Crippen MR) is 126 cm³/mol. The van der Waals surface area contributed by atoms with Gasteiger partial charge in [-0.05, 0) is 18.8 Å². The minimum absolute atomic E-state index is 0.129. The average molecular weight is 448 g/mol. The number of rotatable bonds is 5. The smallest absolute Gasteiger partial charge is 0.204 e. The summed E-state index contributed by atoms with van der Waals surface area (Å²) in [6.07, 6.45) is 15.5. The van der Waals surface area contributed by atoms with Gasteiger partial charge in [0.05, 0.1) is 25.2 Å². The van der Waals surface area contributed by atoms with Gasteiger partial charge in [0.25, 0.3) is 0 Å². The zero-order valence-electron chi connectivity index (χ0n) is 18.9. The van der Waals surface area contributed by atoms with Crippen molar-refractivity contribution in [2.45, 2.75) is 63.7 Å². The molecule has 0 aromatic carbocycles. The highest BCUT2D eigenvalue weighted by Crippen LogP contribution is 2.40. The number of anilines is 2. The molecule has 0 saturated heterocycles. The van der Waals surface area contributed by atoms with Crippen molar-refractivity contribution in [1.29, 1.82) is 5.26 Å². The summed E-state index contributed by atoms with van der Waals surface area (Å²) in [6, 6.07) is 5.21. The lowest BCUT2D eigenvalue weighted by Crippen LogP contribution is -2.10. The molecule has 0 aliphatic heterocycles. The fraction of sp³-hybridized carbons (Fsp3) is 0.458. The van der Waals surface area contributed by atoms with Crippen LogP contribution >= 0.6 is 0 Å². The predicted octanol–water partition coefficient (Wildman–Crippen LogP) is 4.79. The summed E-state index contributed by atoms with van der Waals surface area (Å²) in [5, 5.41) is 18.7. The Morgan fingerprint density at radius 2 is 1.73 bits per heavy atom. The molecular formula is C24H29N7O2. The summed E-state index contributed by atoms with van der Waals surface area (Å²) in [5.41, 5.74) is 1.92. The number of nitrogens with one attached hydrogen (secondary N) is 3. The topological polar surface area (TPSA) is 132 Å². The molecule has 2 aliphatic rings. The van der Waals surface area contributed by atoms with Crippen LogP contribution in [-0.4, -0.2) is 32.3 Å². The molecule has 9 nitrogen and oxygen atoms in total. The van der Waals surface area contributed by atoms with Crippen molar-refractivity contribution in [1.82, 2.24) is 25.1 Å². The number of hydrogen-bond acceptors (Lipinski definition) is 7. The van der Waals surface area contributed by atoms with Crippen LogP contribution in [0.25, 0.3) is 11.3 Å². The normalized spacial score (nSPS) is 15.5. The van der Waals surface area contributed by atoms with Crippen LogP contribution in [0.2, 0.25) is 0 Å². The maximum Gasteiger partial charge on any atom is 0.204 e. The van der Waals surface area contributed by atoms with E-state index in [2.05, 4.69) is 30.5 Å². The van der Waals surface area contributed by atoms with Crippen LogP contribution in [0.15, 0.2) is 29.3 Å². The van der Waals surface area contributed by atoms with E-state index in [1.54, 1.807) is 12.1 Å². The molecule has 0 bridgehead atoms. The number of H-pyrrole nitrogens is 2. The molecule has 172 valence electrons. The first-order valence-electron chi connectivity index (χ1n) is 11.5. The third kappa shape index (κ3) is 5.98. The maximum absolute atomic E-state index is 12.6. The van der Waals surface area contributed by atoms with Crippen LogP contribution in [0.5, 0.6) is 5.88 Å². The van der Waals surface area contributed by atoms with Gasteiger partial charge in [-0.1, -0.05) is 44.9 Å². The molecule has 0 radical (unpaired) electrons. The fourth-order valence-corrected chi connectivity index (χ4v) is 3.91. The Balaban J connectivity index is 0.000000318. The Hall–Kier alpha value is -3.67. The van der Waals surface area contributed by atoms with Crippen molar-refractivity contribution in [3.8, 4) is 23.2 Å². The number of nitriles is 1. The second-order valence-electron chi connectivity index (χ2n) is 8.44. The minimum Gasteiger partial charge on any atom is -0.482 e. The average Bonchev–Trinajstić information content (AvgIpc) is 3.65. The summed E-state index contributed by atoms with van der Waals surface area (Å²) in [7, 11) is 1.52. The molecule has 33 heavy (non-hydrogen) atoms. The molecule has 3 heterocycles. The largest absolute Gasteiger partial charge is 0.482 e. The van der Waals surface area contributed by atoms with E-state index < -0.39 is 0 Å². The first-order chi connectivity index (χ1) is 16.2. The lowest BCUT2D eigenvalue weighted by atomic mass is 10.1. The van der Waals surface area contributed by atoms with Gasteiger partial charge in [-0.25, -0.2) is 9.97 Å². The Labute approximate surface area is 192 Å². The van der Waals surface area contributed by atoms with E-state index in [-0.39, 0.29) is 11.1 Å². The van der Waals surface area contributed by atoms with Crippen molar-refractivity contribution in [2.75, 3.05) is 12.4 Å². The molecule has 0 atom stereocenters. The summed E-state index contributed by atoms with van der Waals surface area (Å²) >= 11 is 0. The number of methoxy groups -OCH3 is 1. The van der Waals surface area contributed by atoms with Crippen LogP contribution in [-0.2, 0) is 0 Å². The Morgan fingerprint density at radius 1 is 1.03 bits per heavy atom. The van der Waals surface area contributed by atoms with Gasteiger partial charge in [0, 0.05) is 17.8 Å². The second kappa shape index (κ2) is 10.8. The van der Waals surface area contributed by atoms with E-state index in [1.807, 2.05) is 6.07 Å². The highest BCUT2D eigenvalue weighted by Gasteiger charge is 2.27. The maximum atomic E-state index is 12.6. The lowest BCUT2D eigenvalue weighted by molar-refractivity contribution is 0.397. The van der Waals surface area contributed by atoms with Gasteiger partial charge in [-0.15, -0.1) is 0 Å². The van der Waals surface area contributed by atoms with Crippen LogP contribution in [0.4, 0.5) is 11.6 Å². The number of hydrogen-bond donors (Lipinski definition) is 3. The number of aromatic nitrogens is 5. The fourth-order valence-electron chi connectivity index (χ4n) is 3.91. The number of nitrogens with zero attached hydrogens (tertiary/aromatic N) is 4. The van der Waals surface area contributed by atoms with Crippen molar-refractivity contribution >= 4 is 11.6 Å². The summed E-state index contributed by atoms with van der Waals surface area (Å²) in [5.74, 6) is 1.73. The molecule has 2 saturated carbocycles. The highest BCUT2D eigenvalue weighted by molar-refractivity contribution is 5.69. The van der Waals surface area contributed by atoms with Crippen LogP contribution in [0.1, 0.15) is 75.1 Å². The molecule has 5 rings (SSSR count). The molecule has 9 heteroatoms. The third-order valence-corrected chi connectivity index (χ3v) is 5.86. The lowest BCUT2D eigenvalue weighted by Gasteiger charge is -2.08. The molecule has 2 fully saturated rings. The van der Waals surface area contributed by atoms with Crippen molar-refractivity contribution in [3.05, 3.63) is 46.1 Å². The minimum atomic E-state index is -0.129. The summed E-state index contributed by atoms with van der Waals surface area (Å²) in [6.45, 7) is 0. The molecule has 2 aliphatic carbocycles. The molecule has 0 spiro atoms. The third-order valence-electron chi connectivity index (χ3n) is 5.86. The van der Waals surface area contributed by atoms with E-state index in [0.717, 1.165) is 18.5 Å². The molecule has 3 aromatic heterocycles. The van der Waals surface area contributed by atoms with E-state index in [9.17, 15) is 4.79 Å². The van der Waals surface area contributed by atoms with E-state index in [4.69, 9.17) is 10.00 Å². The number of ether oxygens (including phenoxy) is 1. The van der Waals surface area contributed by atoms with Crippen LogP contribution < -0.4 is 15.5 Å². The first kappa shape index (κ1) is 22.5. The molecule has 0 unspecified atom stereocenters. The first-order valence-corrected chi connectivity index (χ1v) is 11.5. The zero-order valence-corrected chi connectivity index (χ0v) is 18.9. The van der Waals surface area contributed by atoms with Gasteiger partial charge < -0.3 is 15.0 Å². The van der Waals surface area contributed by atoms with Gasteiger partial charge in [0.1, 0.15) is 17.5 Å². The van der Waals surface area contributed by atoms with Gasteiger partial charge in [-0.2, -0.15) is 10.4 Å². The van der Waals surface area contributed by atoms with Gasteiger partial charge in [-0.3, -0.25) is 9.89 Å². The molecule has 3 N–H and O–H groups in total. The van der Waals surface area contributed by atoms with Gasteiger partial charge in [0.2, 0.25) is 5.88 Å². The SMILES string of the molecule is C1CCCCCC1.COc1[nH]c(C2CC2)cc(=O)c1-c1cc(Nc2cnc(C#N)cn2)n[nH]1. The molecular weight excluding hydrogens is 418 g/mol. The van der Waals surface area contributed by atoms with E-state index in [0.29, 0.717) is 34.7 Å². The van der Waals surface area contributed by atoms with Crippen molar-refractivity contribution in [2.24, 2.45) is 0 Å². The molecule has 0 amide bonds. The van der Waals surface area contributed by atoms with Gasteiger partial charge >= 0.3 is 0 Å². The van der Waals surface area contributed by atoms with Crippen LogP contribution in [0.3, 0.4) is 0 Å². The summed E-state index contributed by atoms with van der Waals surface area (Å²) in [4.78, 5) is 23.8. The quantitative estimate of drug-likeness (QED) is 0.479. The highest BCUT2D eigenvalue weighted by atomic mass is 16.5. The number of pyridine rings is 1. The zero-order chi connectivity index (χ0) is 23.0. The standard InChI is InChI=1S/C17H15N7O2.C7H14/c1-26-17-16(13(25)4-11(21-17)9-2-3-9)12-5-14(24-23-12)22-15-8-19-10(6-18)7-20-15;1-2-4-6-7-5-3-1/h4-5,7-9H,2-3H2,1H3,(H,21,25)(H2,20,22,23,24);1-7H2. The number of aromatic amines is 2. The Morgan fingerprint density at radius 3 is 2.27 bits per heavy atom. The second-order valence-corrected chi connectivity index (χ2v) is 8.44. The Bertz CT molecular complexity index is 1140. The molecule has 3 aromatic rings. The van der Waals surface area contributed by atoms with E-state index >= 15 is 0 Å². The van der Waals surface area contributed by atoms with Crippen molar-refractivity contribution in [3.63, 3.8) is 0 Å². The van der Waals surface area contributed by atoms with Crippen molar-refractivity contribution < 1.29 is 4.74 Å².